The average molecular weight is 1880 g/mol. The molecule has 3 saturated heterocycles. The monoisotopic (exact) mass is 1870 g/mol. The molecule has 9 atom stereocenters. The number of carbonyl (C=O) groups excluding carboxylic acids is 7. The van der Waals surface area contributed by atoms with Crippen LogP contribution in [0.3, 0.4) is 0 Å². The van der Waals surface area contributed by atoms with Gasteiger partial charge in [-0.15, -0.1) is 36.9 Å². The Hall–Kier alpha value is -12.2. The lowest BCUT2D eigenvalue weighted by Gasteiger charge is -2.35. The van der Waals surface area contributed by atoms with Crippen molar-refractivity contribution in [2.45, 2.75) is 162 Å². The standard InChI is InChI=1S/C35H39N5O4S.C29H33N5O4S.C28H32N4O4.C6H9BrO.ClH/c1-7-9-15-24-21-45-34(36-24)39-30(35(3,4)5)32(41)40-20-25(19-28(40)33(42)43-6)44-31-29(23-14-12-13-22(8-2)18-23)37-26-16-10-11-17-27(26)38-31;1-6-17-10-9-11-18(14-17)23-25(32-21-13-8-7-12-20(21)31-23)38-19-15-22(27(36)37-5)34(16-19)26(35)24(29(2,3)4)33-28(30)39;1-6-17-10-9-11-18(14-17)23-25(31-21-13-8-7-12-20(21)30-23)36-19-15-22(27(34)35-5)32(16-19)26(33)24(29)28(2,3)4;1-2-3-4-6(8)5-7;/h7-8,10-14,16-18,21,25,28,30H,1-2,9,15,19-20H2,3-6H3,(H,36,39);6-14,19,22,24H,1,15-16H2,2-5H3,(H3,30,33,39);6-14,19,22,24H,1,15-16,29H2,2-5H3;2H,1,3-5H2;1H/t25-,28+,30-;2*19-,22+,24-;;/m111../s1. The van der Waals surface area contributed by atoms with Crippen molar-refractivity contribution in [2.24, 2.45) is 27.7 Å². The van der Waals surface area contributed by atoms with Crippen LogP contribution in [0.15, 0.2) is 196 Å². The van der Waals surface area contributed by atoms with Gasteiger partial charge in [-0.05, 0) is 119 Å². The number of thiazole rings is 1. The number of likely N-dealkylation sites (tertiary alicyclic amines) is 3. The summed E-state index contributed by atoms with van der Waals surface area (Å²) >= 11 is 9.54. The van der Waals surface area contributed by atoms with Gasteiger partial charge in [0.05, 0.1) is 91.1 Å². The van der Waals surface area contributed by atoms with Gasteiger partial charge in [-0.2, -0.15) is 0 Å². The minimum atomic E-state index is -0.841. The van der Waals surface area contributed by atoms with Crippen molar-refractivity contribution >= 4 is 155 Å². The predicted molar refractivity (Wildman–Crippen MR) is 518 cm³/mol. The molecule has 3 aliphatic rings. The fourth-order valence-electron chi connectivity index (χ4n) is 14.6. The third-order valence-electron chi connectivity index (χ3n) is 21.6. The molecule has 0 saturated carbocycles. The maximum absolute atomic E-state index is 14.3. The quantitative estimate of drug-likeness (QED) is 0.0116. The van der Waals surface area contributed by atoms with Crippen molar-refractivity contribution in [2.75, 3.05) is 51.6 Å². The highest BCUT2D eigenvalue weighted by molar-refractivity contribution is 9.09. The molecule has 3 fully saturated rings. The van der Waals surface area contributed by atoms with Gasteiger partial charge in [-0.1, -0.05) is 219 Å². The molecular formula is C98H114BrClN14O13S2. The lowest BCUT2D eigenvalue weighted by atomic mass is 9.85. The van der Waals surface area contributed by atoms with Gasteiger partial charge < -0.3 is 65.2 Å². The molecule has 31 heteroatoms. The normalized spacial score (nSPS) is 17.1. The summed E-state index contributed by atoms with van der Waals surface area (Å²) in [5, 5.41) is 9.37. The van der Waals surface area contributed by atoms with Crippen molar-refractivity contribution in [3.8, 4) is 51.4 Å². The fraction of sp³-hybridized carbons (Fsp3) is 0.357. The van der Waals surface area contributed by atoms with Gasteiger partial charge in [-0.25, -0.2) is 49.3 Å². The summed E-state index contributed by atoms with van der Waals surface area (Å²) in [5.41, 5.74) is 22.6. The Bertz CT molecular complexity index is 5740. The van der Waals surface area contributed by atoms with Crippen molar-refractivity contribution < 1.29 is 62.0 Å². The third-order valence-corrected chi connectivity index (χ3v) is 23.2. The first-order chi connectivity index (χ1) is 61.0. The van der Waals surface area contributed by atoms with E-state index in [0.717, 1.165) is 74.9 Å². The Morgan fingerprint density at radius 2 is 0.837 bits per heavy atom. The summed E-state index contributed by atoms with van der Waals surface area (Å²) in [6.45, 7) is 36.7. The second kappa shape index (κ2) is 45.7. The number of methoxy groups -OCH3 is 3. The molecule has 6 aromatic carbocycles. The number of ether oxygens (including phenoxy) is 6. The van der Waals surface area contributed by atoms with Crippen molar-refractivity contribution in [1.82, 2.24) is 54.9 Å². The van der Waals surface area contributed by atoms with Crippen LogP contribution in [0.2, 0.25) is 0 Å². The molecule has 0 spiro atoms. The van der Waals surface area contributed by atoms with Gasteiger partial charge in [0.25, 0.3) is 0 Å². The molecule has 3 aliphatic heterocycles. The van der Waals surface area contributed by atoms with Crippen LogP contribution < -0.4 is 36.3 Å². The number of nitrogens with two attached hydrogens (primary N) is 2. The van der Waals surface area contributed by atoms with Gasteiger partial charge in [0.1, 0.15) is 71.4 Å². The molecule has 0 radical (unpaired) electrons. The molecule has 6 N–H and O–H groups in total. The first-order valence-corrected chi connectivity index (χ1v) is 44.4. The molecule has 4 aromatic heterocycles. The number of amides is 3. The first-order valence-electron chi connectivity index (χ1n) is 42.0. The zero-order valence-electron chi connectivity index (χ0n) is 74.9. The Kier molecular flexibility index (Phi) is 35.6. The SMILES string of the molecule is C=CCCC(=O)CBr.C=CCCc1csc(N[C@H](C(=O)N2C[C@H](Oc3nc4ccccc4nc3-c3cccc(C=C)c3)C[C@H]2C(=O)OC)C(C)(C)C)n1.C=Cc1cccc(-c2nc3ccccc3nc2O[C@@H]2C[C@@H](C(=O)OC)N(C(=O)[C@@H](N)C(C)(C)C)C2)c1.C=Cc1cccc(-c2nc3ccccc3nc2O[C@@H]2C[C@@H](C(=O)OC)N(C(=O)[C@@H](NC(N)=S)C(C)(C)C)C2)c1.Cl. The Morgan fingerprint density at radius 3 is 1.15 bits per heavy atom. The van der Waals surface area contributed by atoms with Gasteiger partial charge in [0.15, 0.2) is 10.2 Å². The van der Waals surface area contributed by atoms with Gasteiger partial charge in [-0.3, -0.25) is 19.2 Å². The summed E-state index contributed by atoms with van der Waals surface area (Å²) in [7, 11) is 3.94. The first kappa shape index (κ1) is 101. The number of anilines is 1. The van der Waals surface area contributed by atoms with E-state index in [1.54, 1.807) is 29.2 Å². The zero-order chi connectivity index (χ0) is 92.9. The zero-order valence-corrected chi connectivity index (χ0v) is 78.9. The van der Waals surface area contributed by atoms with Crippen molar-refractivity contribution in [3.05, 3.63) is 218 Å². The number of halogens is 2. The number of nitrogens with one attached hydrogen (secondary N) is 2. The van der Waals surface area contributed by atoms with Gasteiger partial charge in [0, 0.05) is 47.8 Å². The maximum atomic E-state index is 14.3. The number of fused-ring (bicyclic) bond motifs is 3. The fourth-order valence-corrected chi connectivity index (χ4v) is 15.8. The molecule has 7 heterocycles. The minimum Gasteiger partial charge on any atom is -0.471 e. The number of para-hydroxylation sites is 6. The summed E-state index contributed by atoms with van der Waals surface area (Å²) in [4.78, 5) is 128. The molecule has 0 bridgehead atoms. The lowest BCUT2D eigenvalue weighted by molar-refractivity contribution is -0.152. The Labute approximate surface area is 777 Å². The largest absolute Gasteiger partial charge is 0.471 e. The van der Waals surface area contributed by atoms with Crippen LogP contribution in [0.25, 0.3) is 85.1 Å². The molecule has 13 rings (SSSR count). The van der Waals surface area contributed by atoms with Crippen LogP contribution in [-0.4, -0.2) is 197 Å². The second-order valence-electron chi connectivity index (χ2n) is 34.2. The van der Waals surface area contributed by atoms with Gasteiger partial charge >= 0.3 is 17.9 Å². The molecule has 0 unspecified atom stereocenters. The summed E-state index contributed by atoms with van der Waals surface area (Å²) < 4.78 is 34.5. The number of ketones is 1. The molecule has 10 aromatic rings. The topological polar surface area (TPSA) is 351 Å². The van der Waals surface area contributed by atoms with E-state index in [0.29, 0.717) is 68.2 Å². The number of Topliss-reactive ketones (excluding diaryl/α,β-unsaturated/α-hetero) is 1. The van der Waals surface area contributed by atoms with E-state index in [-0.39, 0.29) is 79.9 Å². The number of rotatable bonds is 28. The summed E-state index contributed by atoms with van der Waals surface area (Å²) in [6.07, 6.45) is 11.1. The molecule has 3 amide bonds. The highest BCUT2D eigenvalue weighted by atomic mass is 79.9. The number of allylic oxidation sites excluding steroid dienone is 2. The van der Waals surface area contributed by atoms with E-state index >= 15 is 0 Å². The average Bonchev–Trinajstić information content (AvgIpc) is 1.65. The van der Waals surface area contributed by atoms with Crippen LogP contribution >= 0.6 is 51.9 Å². The van der Waals surface area contributed by atoms with Crippen LogP contribution in [0.4, 0.5) is 5.13 Å². The molecule has 129 heavy (non-hydrogen) atoms. The lowest BCUT2D eigenvalue weighted by Crippen LogP contribution is -2.57. The van der Waals surface area contributed by atoms with E-state index < -0.39 is 88.7 Å². The van der Waals surface area contributed by atoms with E-state index in [4.69, 9.17) is 82.0 Å². The highest BCUT2D eigenvalue weighted by Crippen LogP contribution is 2.40. The Balaban J connectivity index is 0.000000209. The number of alkyl halides is 1. The number of thiocarbonyl (C=S) groups is 1. The number of hydrogen-bond acceptors (Lipinski definition) is 24. The number of nitrogens with zero attached hydrogens (tertiary/aromatic N) is 10. The smallest absolute Gasteiger partial charge is 0.328 e. The van der Waals surface area contributed by atoms with E-state index in [1.165, 1.54) is 42.5 Å². The van der Waals surface area contributed by atoms with Gasteiger partial charge in [0.2, 0.25) is 35.4 Å². The highest BCUT2D eigenvalue weighted by Gasteiger charge is 2.50. The number of aromatic nitrogens is 7. The Morgan fingerprint density at radius 1 is 0.496 bits per heavy atom. The number of aryl methyl sites for hydroxylation is 1. The van der Waals surface area contributed by atoms with E-state index in [9.17, 15) is 33.6 Å². The van der Waals surface area contributed by atoms with Crippen LogP contribution in [-0.2, 0) is 54.2 Å². The van der Waals surface area contributed by atoms with Crippen molar-refractivity contribution in [1.29, 1.82) is 0 Å². The molecule has 0 aliphatic carbocycles. The van der Waals surface area contributed by atoms with Crippen LogP contribution in [0.5, 0.6) is 17.6 Å². The predicted octanol–water partition coefficient (Wildman–Crippen LogP) is 16.4. The number of carbonyl (C=O) groups is 7. The molecular weight excluding hydrogens is 1760 g/mol. The summed E-state index contributed by atoms with van der Waals surface area (Å²) in [6, 6.07) is 41.3. The summed E-state index contributed by atoms with van der Waals surface area (Å²) in [5.74, 6) is -1.16. The van der Waals surface area contributed by atoms with Crippen LogP contribution in [0, 0.1) is 16.2 Å². The second-order valence-corrected chi connectivity index (χ2v) is 36.0. The van der Waals surface area contributed by atoms with Crippen molar-refractivity contribution in [3.63, 3.8) is 0 Å². The number of benzene rings is 6. The number of esters is 3. The maximum Gasteiger partial charge on any atom is 0.328 e. The third kappa shape index (κ3) is 26.1. The minimum absolute atomic E-state index is 0. The van der Waals surface area contributed by atoms with Crippen LogP contribution in [0.1, 0.15) is 123 Å². The molecule has 27 nitrogen and oxygen atoms in total. The van der Waals surface area contributed by atoms with E-state index in [2.05, 4.69) is 64.4 Å². The number of hydrogen-bond donors (Lipinski definition) is 4. The van der Waals surface area contributed by atoms with E-state index in [1.807, 2.05) is 219 Å². The molecule has 680 valence electrons.